The number of benzene rings is 3. The molecule has 0 amide bonds. The summed E-state index contributed by atoms with van der Waals surface area (Å²) in [4.78, 5) is 22.8. The van der Waals surface area contributed by atoms with Crippen molar-refractivity contribution in [1.82, 2.24) is 0 Å². The first-order valence-electron chi connectivity index (χ1n) is 10.00. The zero-order valence-electron chi connectivity index (χ0n) is 18.8. The molecule has 0 aliphatic carbocycles. The van der Waals surface area contributed by atoms with Crippen LogP contribution in [-0.2, 0) is 15.7 Å². The lowest BCUT2D eigenvalue weighted by Gasteiger charge is -2.13. The first kappa shape index (κ1) is 31.2. The predicted molar refractivity (Wildman–Crippen MR) is 139 cm³/mol. The van der Waals surface area contributed by atoms with Crippen molar-refractivity contribution in [1.29, 1.82) is 5.26 Å². The molecule has 0 aliphatic heterocycles. The Morgan fingerprint density at radius 2 is 1.63 bits per heavy atom. The van der Waals surface area contributed by atoms with E-state index in [0.29, 0.717) is 20.6 Å². The highest BCUT2D eigenvalue weighted by Gasteiger charge is 2.31. The van der Waals surface area contributed by atoms with Gasteiger partial charge in [-0.2, -0.15) is 18.4 Å². The van der Waals surface area contributed by atoms with Crippen molar-refractivity contribution in [3.8, 4) is 23.3 Å². The van der Waals surface area contributed by atoms with Crippen molar-refractivity contribution in [2.75, 3.05) is 0 Å². The van der Waals surface area contributed by atoms with Crippen LogP contribution in [0.25, 0.3) is 0 Å². The maximum Gasteiger partial charge on any atom is 0.416 e. The van der Waals surface area contributed by atoms with Gasteiger partial charge in [0.2, 0.25) is 0 Å². The van der Waals surface area contributed by atoms with E-state index in [1.165, 1.54) is 12.1 Å². The Morgan fingerprint density at radius 1 is 1.03 bits per heavy atom. The fourth-order valence-electron chi connectivity index (χ4n) is 2.52. The fourth-order valence-corrected chi connectivity index (χ4v) is 4.12. The third kappa shape index (κ3) is 8.52. The normalized spacial score (nSPS) is 11.4. The maximum absolute atomic E-state index is 12.7. The Balaban J connectivity index is 0.000000384. The van der Waals surface area contributed by atoms with Crippen LogP contribution in [0.2, 0.25) is 10.0 Å². The van der Waals surface area contributed by atoms with Crippen molar-refractivity contribution >= 4 is 67.0 Å². The van der Waals surface area contributed by atoms with Crippen molar-refractivity contribution < 1.29 is 42.4 Å². The quantitative estimate of drug-likeness (QED) is 0.258. The Labute approximate surface area is 240 Å². The molecule has 200 valence electrons. The van der Waals surface area contributed by atoms with Crippen molar-refractivity contribution in [2.45, 2.75) is 19.2 Å². The molecule has 1 atom stereocenters. The van der Waals surface area contributed by atoms with Crippen LogP contribution in [0.3, 0.4) is 0 Å². The van der Waals surface area contributed by atoms with Gasteiger partial charge < -0.3 is 19.7 Å². The molecule has 0 aliphatic rings. The zero-order chi connectivity index (χ0) is 28.8. The Morgan fingerprint density at radius 3 is 2.13 bits per heavy atom. The second-order valence-electron chi connectivity index (χ2n) is 7.17. The number of rotatable bonds is 5. The molecule has 0 fully saturated rings. The third-order valence-corrected chi connectivity index (χ3v) is 6.26. The predicted octanol–water partition coefficient (Wildman–Crippen LogP) is 8.22. The largest absolute Gasteiger partial charge is 0.506 e. The van der Waals surface area contributed by atoms with Gasteiger partial charge >= 0.3 is 18.1 Å². The summed E-state index contributed by atoms with van der Waals surface area (Å²) in [6, 6.07) is 11.4. The SMILES string of the molecule is C[C@H](OC(=O)c1cc(Oc2ccc(C(F)(F)F)cc2Cl)ccc1Cl)C(=O)O.N#Cc1cc(Br)c(O)c(Br)c1. The Hall–Kier alpha value is -2.98. The van der Waals surface area contributed by atoms with Crippen LogP contribution in [0.15, 0.2) is 57.5 Å². The number of phenols is 1. The summed E-state index contributed by atoms with van der Waals surface area (Å²) in [5.41, 5.74) is -0.616. The zero-order valence-corrected chi connectivity index (χ0v) is 23.5. The van der Waals surface area contributed by atoms with Crippen LogP contribution >= 0.6 is 55.1 Å². The average Bonchev–Trinajstić information content (AvgIpc) is 2.84. The number of carbonyl (C=O) groups excluding carboxylic acids is 1. The van der Waals surface area contributed by atoms with Gasteiger partial charge in [-0.15, -0.1) is 0 Å². The molecular formula is C24H14Br2Cl2F3NO6. The summed E-state index contributed by atoms with van der Waals surface area (Å²) in [5.74, 6) is -2.27. The number of nitrogens with zero attached hydrogens (tertiary/aromatic N) is 1. The van der Waals surface area contributed by atoms with Crippen molar-refractivity contribution in [3.05, 3.63) is 84.2 Å². The molecule has 0 aromatic heterocycles. The van der Waals surface area contributed by atoms with Gasteiger partial charge in [0.05, 0.1) is 41.8 Å². The molecular weight excluding hydrogens is 686 g/mol. The molecule has 14 heteroatoms. The Bertz CT molecular complexity index is 1390. The second-order valence-corrected chi connectivity index (χ2v) is 9.70. The standard InChI is InChI=1S/C17H11Cl2F3O5.C7H3Br2NO/c1-8(15(23)24)26-16(25)11-7-10(3-4-12(11)18)27-14-5-2-9(6-13(14)19)17(20,21)22;8-5-1-4(3-10)2-6(9)7(5)11/h2-8H,1H3,(H,23,24);1-2,11H/t8-;/m0./s1. The maximum atomic E-state index is 12.7. The number of hydrogen-bond acceptors (Lipinski definition) is 6. The molecule has 3 aromatic rings. The molecule has 0 radical (unpaired) electrons. The number of aliphatic carboxylic acids is 1. The van der Waals surface area contributed by atoms with Gasteiger partial charge in [0.1, 0.15) is 17.2 Å². The highest BCUT2D eigenvalue weighted by molar-refractivity contribution is 9.11. The number of aromatic hydroxyl groups is 1. The number of carboxylic acids is 1. The van der Waals surface area contributed by atoms with Gasteiger partial charge in [-0.25, -0.2) is 9.59 Å². The summed E-state index contributed by atoms with van der Waals surface area (Å²) in [6.07, 6.45) is -5.96. The van der Waals surface area contributed by atoms with E-state index in [1.807, 2.05) is 6.07 Å². The van der Waals surface area contributed by atoms with E-state index in [0.717, 1.165) is 25.1 Å². The molecule has 7 nitrogen and oxygen atoms in total. The third-order valence-electron chi connectivity index (χ3n) is 4.42. The molecule has 38 heavy (non-hydrogen) atoms. The lowest BCUT2D eigenvalue weighted by molar-refractivity contribution is -0.146. The summed E-state index contributed by atoms with van der Waals surface area (Å²) in [6.45, 7) is 1.16. The summed E-state index contributed by atoms with van der Waals surface area (Å²) in [5, 5.41) is 26.2. The van der Waals surface area contributed by atoms with Crippen LogP contribution in [-0.4, -0.2) is 28.3 Å². The lowest BCUT2D eigenvalue weighted by Crippen LogP contribution is -2.23. The van der Waals surface area contributed by atoms with Crippen molar-refractivity contribution in [3.63, 3.8) is 0 Å². The number of halogens is 7. The molecule has 2 N–H and O–H groups in total. The summed E-state index contributed by atoms with van der Waals surface area (Å²) in [7, 11) is 0. The molecule has 0 heterocycles. The number of ether oxygens (including phenoxy) is 2. The summed E-state index contributed by atoms with van der Waals surface area (Å²) >= 11 is 17.9. The van der Waals surface area contributed by atoms with Gasteiger partial charge in [0, 0.05) is 0 Å². The minimum Gasteiger partial charge on any atom is -0.506 e. The molecule has 0 bridgehead atoms. The van der Waals surface area contributed by atoms with Crippen LogP contribution in [0.1, 0.15) is 28.4 Å². The minimum absolute atomic E-state index is 0.0246. The highest BCUT2D eigenvalue weighted by Crippen LogP contribution is 2.37. The highest BCUT2D eigenvalue weighted by atomic mass is 79.9. The van der Waals surface area contributed by atoms with E-state index in [-0.39, 0.29) is 32.9 Å². The van der Waals surface area contributed by atoms with Gasteiger partial charge in [-0.3, -0.25) is 0 Å². The van der Waals surface area contributed by atoms with Crippen LogP contribution in [0, 0.1) is 11.3 Å². The molecule has 0 saturated heterocycles. The molecule has 3 aromatic carbocycles. The van der Waals surface area contributed by atoms with Crippen LogP contribution in [0.5, 0.6) is 17.2 Å². The van der Waals surface area contributed by atoms with Gasteiger partial charge in [-0.1, -0.05) is 23.2 Å². The number of alkyl halides is 3. The lowest BCUT2D eigenvalue weighted by atomic mass is 10.2. The van der Waals surface area contributed by atoms with Gasteiger partial charge in [0.15, 0.2) is 6.10 Å². The van der Waals surface area contributed by atoms with Crippen molar-refractivity contribution in [2.24, 2.45) is 0 Å². The number of carbonyl (C=O) groups is 2. The van der Waals surface area contributed by atoms with Crippen LogP contribution in [0.4, 0.5) is 13.2 Å². The van der Waals surface area contributed by atoms with Crippen LogP contribution < -0.4 is 4.74 Å². The number of nitriles is 1. The molecule has 0 saturated carbocycles. The topological polar surface area (TPSA) is 117 Å². The fraction of sp³-hybridized carbons (Fsp3) is 0.125. The monoisotopic (exact) mass is 697 g/mol. The van der Waals surface area contributed by atoms with E-state index < -0.39 is 29.8 Å². The Kier molecular flexibility index (Phi) is 10.8. The number of esters is 1. The first-order chi connectivity index (χ1) is 17.6. The number of hydrogen-bond donors (Lipinski definition) is 2. The smallest absolute Gasteiger partial charge is 0.416 e. The van der Waals surface area contributed by atoms with E-state index in [1.54, 1.807) is 12.1 Å². The first-order valence-corrected chi connectivity index (χ1v) is 12.3. The van der Waals surface area contributed by atoms with Gasteiger partial charge in [-0.05, 0) is 87.3 Å². The van der Waals surface area contributed by atoms with E-state index in [2.05, 4.69) is 31.9 Å². The van der Waals surface area contributed by atoms with E-state index >= 15 is 0 Å². The van der Waals surface area contributed by atoms with Gasteiger partial charge in [0.25, 0.3) is 0 Å². The number of phenolic OH excluding ortho intramolecular Hbond substituents is 1. The molecule has 0 spiro atoms. The average molecular weight is 700 g/mol. The second kappa shape index (κ2) is 13.2. The minimum atomic E-state index is -4.56. The summed E-state index contributed by atoms with van der Waals surface area (Å²) < 4.78 is 49.2. The molecule has 3 rings (SSSR count). The van der Waals surface area contributed by atoms with E-state index in [4.69, 9.17) is 43.0 Å². The number of carboxylic acid groups (broad SMARTS) is 1. The molecule has 0 unspecified atom stereocenters. The van der Waals surface area contributed by atoms with E-state index in [9.17, 15) is 27.9 Å².